The van der Waals surface area contributed by atoms with Gasteiger partial charge in [0.15, 0.2) is 0 Å². The summed E-state index contributed by atoms with van der Waals surface area (Å²) in [5.41, 5.74) is 7.36. The molecule has 0 spiro atoms. The second-order valence-corrected chi connectivity index (χ2v) is 4.91. The Kier molecular flexibility index (Phi) is 3.68. The molecule has 2 aromatic carbocycles. The van der Waals surface area contributed by atoms with Crippen molar-refractivity contribution in [2.24, 2.45) is 0 Å². The van der Waals surface area contributed by atoms with Crippen molar-refractivity contribution in [1.29, 1.82) is 0 Å². The number of ether oxygens (including phenoxy) is 1. The zero-order chi connectivity index (χ0) is 15.7. The van der Waals surface area contributed by atoms with Crippen molar-refractivity contribution in [3.05, 3.63) is 47.2 Å². The van der Waals surface area contributed by atoms with Crippen LogP contribution in [0.3, 0.4) is 0 Å². The molecule has 3 aromatic rings. The molecule has 0 aliphatic carbocycles. The molecule has 1 aromatic heterocycles. The molecule has 0 saturated heterocycles. The summed E-state index contributed by atoms with van der Waals surface area (Å²) in [7, 11) is 1.52. The lowest BCUT2D eigenvalue weighted by molar-refractivity contribution is 0.413. The first kappa shape index (κ1) is 14.3. The van der Waals surface area contributed by atoms with Gasteiger partial charge in [-0.1, -0.05) is 16.8 Å². The first-order chi connectivity index (χ1) is 10.6. The van der Waals surface area contributed by atoms with Gasteiger partial charge in [-0.25, -0.2) is 4.39 Å². The number of nitrogens with zero attached hydrogens (tertiary/aromatic N) is 2. The van der Waals surface area contributed by atoms with Gasteiger partial charge in [0.05, 0.1) is 23.3 Å². The summed E-state index contributed by atoms with van der Waals surface area (Å²) in [6.07, 6.45) is 0. The van der Waals surface area contributed by atoms with E-state index in [9.17, 15) is 4.39 Å². The quantitative estimate of drug-likeness (QED) is 0.743. The summed E-state index contributed by atoms with van der Waals surface area (Å²) in [6, 6.07) is 9.04. The van der Waals surface area contributed by atoms with Gasteiger partial charge in [-0.15, -0.1) is 0 Å². The largest absolute Gasteiger partial charge is 0.496 e. The lowest BCUT2D eigenvalue weighted by Gasteiger charge is -2.05. The Hall–Kier alpha value is -2.60. The number of nitrogen functional groups attached to an aromatic ring is 1. The van der Waals surface area contributed by atoms with Crippen LogP contribution in [0.4, 0.5) is 10.1 Å². The number of anilines is 1. The number of benzene rings is 2. The smallest absolute Gasteiger partial charge is 0.259 e. The molecule has 0 bridgehead atoms. The van der Waals surface area contributed by atoms with Crippen molar-refractivity contribution in [2.45, 2.75) is 0 Å². The van der Waals surface area contributed by atoms with Crippen molar-refractivity contribution in [3.63, 3.8) is 0 Å². The maximum Gasteiger partial charge on any atom is 0.259 e. The fourth-order valence-electron chi connectivity index (χ4n) is 2.00. The molecular formula is C15H11ClFN3O2. The average Bonchev–Trinajstić information content (AvgIpc) is 2.96. The van der Waals surface area contributed by atoms with Gasteiger partial charge in [0.2, 0.25) is 5.82 Å². The standard InChI is InChI=1S/C15H11ClFN3O2/c1-21-13-7-9(18)3-5-11(13)14-19-15(22-20-14)10-4-2-8(17)6-12(10)16/h2-7H,18H2,1H3. The van der Waals surface area contributed by atoms with Gasteiger partial charge < -0.3 is 15.0 Å². The SMILES string of the molecule is COc1cc(N)ccc1-c1noc(-c2ccc(F)cc2Cl)n1. The highest BCUT2D eigenvalue weighted by Gasteiger charge is 2.16. The van der Waals surface area contributed by atoms with Gasteiger partial charge in [-0.2, -0.15) is 4.98 Å². The van der Waals surface area contributed by atoms with E-state index < -0.39 is 5.82 Å². The van der Waals surface area contributed by atoms with E-state index in [1.165, 1.54) is 25.3 Å². The van der Waals surface area contributed by atoms with Gasteiger partial charge in [0.1, 0.15) is 11.6 Å². The number of methoxy groups -OCH3 is 1. The van der Waals surface area contributed by atoms with E-state index in [0.717, 1.165) is 0 Å². The molecule has 0 saturated carbocycles. The van der Waals surface area contributed by atoms with Crippen molar-refractivity contribution in [1.82, 2.24) is 10.1 Å². The molecule has 0 aliphatic heterocycles. The number of nitrogens with two attached hydrogens (primary N) is 1. The molecule has 0 amide bonds. The molecule has 0 atom stereocenters. The van der Waals surface area contributed by atoms with E-state index in [1.54, 1.807) is 18.2 Å². The Bertz CT molecular complexity index is 835. The predicted molar refractivity (Wildman–Crippen MR) is 81.1 cm³/mol. The third-order valence-electron chi connectivity index (χ3n) is 3.05. The molecule has 0 unspecified atom stereocenters. The minimum atomic E-state index is -0.436. The highest BCUT2D eigenvalue weighted by Crippen LogP contribution is 2.33. The van der Waals surface area contributed by atoms with Crippen LogP contribution >= 0.6 is 11.6 Å². The van der Waals surface area contributed by atoms with Gasteiger partial charge in [-0.3, -0.25) is 0 Å². The Balaban J connectivity index is 2.04. The third kappa shape index (κ3) is 2.60. The van der Waals surface area contributed by atoms with Crippen LogP contribution in [-0.4, -0.2) is 17.3 Å². The van der Waals surface area contributed by atoms with Crippen molar-refractivity contribution >= 4 is 17.3 Å². The monoisotopic (exact) mass is 319 g/mol. The summed E-state index contributed by atoms with van der Waals surface area (Å²) in [5, 5.41) is 4.10. The van der Waals surface area contributed by atoms with Crippen LogP contribution in [-0.2, 0) is 0 Å². The minimum absolute atomic E-state index is 0.193. The van der Waals surface area contributed by atoms with Crippen molar-refractivity contribution in [2.75, 3.05) is 12.8 Å². The zero-order valence-corrected chi connectivity index (χ0v) is 12.3. The second kappa shape index (κ2) is 5.65. The van der Waals surface area contributed by atoms with E-state index >= 15 is 0 Å². The maximum atomic E-state index is 13.1. The Morgan fingerprint density at radius 1 is 1.18 bits per heavy atom. The molecule has 0 fully saturated rings. The Morgan fingerprint density at radius 2 is 1.95 bits per heavy atom. The number of hydrogen-bond donors (Lipinski definition) is 1. The zero-order valence-electron chi connectivity index (χ0n) is 11.5. The summed E-state index contributed by atoms with van der Waals surface area (Å²) < 4.78 is 23.5. The van der Waals surface area contributed by atoms with Crippen LogP contribution in [0.15, 0.2) is 40.9 Å². The molecule has 22 heavy (non-hydrogen) atoms. The average molecular weight is 320 g/mol. The van der Waals surface area contributed by atoms with Gasteiger partial charge >= 0.3 is 0 Å². The van der Waals surface area contributed by atoms with E-state index in [2.05, 4.69) is 10.1 Å². The number of halogens is 2. The molecule has 112 valence electrons. The predicted octanol–water partition coefficient (Wildman–Crippen LogP) is 3.79. The highest BCUT2D eigenvalue weighted by atomic mass is 35.5. The van der Waals surface area contributed by atoms with Crippen LogP contribution in [0.5, 0.6) is 5.75 Å². The maximum absolute atomic E-state index is 13.1. The molecule has 0 radical (unpaired) electrons. The van der Waals surface area contributed by atoms with Crippen LogP contribution < -0.4 is 10.5 Å². The highest BCUT2D eigenvalue weighted by molar-refractivity contribution is 6.33. The first-order valence-corrected chi connectivity index (χ1v) is 6.69. The number of hydrogen-bond acceptors (Lipinski definition) is 5. The number of rotatable bonds is 3. The van der Waals surface area contributed by atoms with Crippen LogP contribution in [0, 0.1) is 5.82 Å². The summed E-state index contributed by atoms with van der Waals surface area (Å²) in [4.78, 5) is 4.27. The number of aromatic nitrogens is 2. The van der Waals surface area contributed by atoms with E-state index in [1.807, 2.05) is 0 Å². The van der Waals surface area contributed by atoms with E-state index in [-0.39, 0.29) is 10.9 Å². The van der Waals surface area contributed by atoms with Crippen LogP contribution in [0.1, 0.15) is 0 Å². The molecule has 3 rings (SSSR count). The lowest BCUT2D eigenvalue weighted by Crippen LogP contribution is -1.92. The summed E-state index contributed by atoms with van der Waals surface area (Å²) in [5.74, 6) is 0.609. The molecule has 7 heteroatoms. The first-order valence-electron chi connectivity index (χ1n) is 6.31. The normalized spacial score (nSPS) is 10.7. The fraction of sp³-hybridized carbons (Fsp3) is 0.0667. The third-order valence-corrected chi connectivity index (χ3v) is 3.37. The second-order valence-electron chi connectivity index (χ2n) is 4.51. The molecule has 2 N–H and O–H groups in total. The molecular weight excluding hydrogens is 309 g/mol. The van der Waals surface area contributed by atoms with Crippen molar-refractivity contribution in [3.8, 4) is 28.6 Å². The Morgan fingerprint density at radius 3 is 2.68 bits per heavy atom. The summed E-state index contributed by atoms with van der Waals surface area (Å²) >= 11 is 5.99. The van der Waals surface area contributed by atoms with Crippen molar-refractivity contribution < 1.29 is 13.7 Å². The topological polar surface area (TPSA) is 74.2 Å². The van der Waals surface area contributed by atoms with Crippen LogP contribution in [0.2, 0.25) is 5.02 Å². The van der Waals surface area contributed by atoms with E-state index in [0.29, 0.717) is 28.4 Å². The fourth-order valence-corrected chi connectivity index (χ4v) is 2.25. The Labute approximate surface area is 130 Å². The minimum Gasteiger partial charge on any atom is -0.496 e. The van der Waals surface area contributed by atoms with Gasteiger partial charge in [0, 0.05) is 11.8 Å². The summed E-state index contributed by atoms with van der Waals surface area (Å²) in [6.45, 7) is 0. The molecule has 5 nitrogen and oxygen atoms in total. The van der Waals surface area contributed by atoms with Crippen LogP contribution in [0.25, 0.3) is 22.8 Å². The van der Waals surface area contributed by atoms with Gasteiger partial charge in [0.25, 0.3) is 5.89 Å². The molecule has 0 aliphatic rings. The molecule has 1 heterocycles. The lowest BCUT2D eigenvalue weighted by atomic mass is 10.1. The van der Waals surface area contributed by atoms with Gasteiger partial charge in [-0.05, 0) is 30.3 Å². The van der Waals surface area contributed by atoms with E-state index in [4.69, 9.17) is 26.6 Å².